The van der Waals surface area contributed by atoms with Gasteiger partial charge in [0.25, 0.3) is 0 Å². The van der Waals surface area contributed by atoms with Crippen LogP contribution in [0.3, 0.4) is 0 Å². The van der Waals surface area contributed by atoms with Gasteiger partial charge in [-0.1, -0.05) is 26.7 Å². The molecule has 0 bridgehead atoms. The molecule has 0 heterocycles. The first-order valence-corrected chi connectivity index (χ1v) is 6.02. The molecule has 0 radical (unpaired) electrons. The van der Waals surface area contributed by atoms with E-state index in [1.807, 2.05) is 0 Å². The Hall–Kier alpha value is 0.350. The lowest BCUT2D eigenvalue weighted by molar-refractivity contribution is 0.621. The Kier molecular flexibility index (Phi) is 4.36. The zero-order chi connectivity index (χ0) is 8.10. The molecule has 0 spiro atoms. The first-order chi connectivity index (χ1) is 5.29. The molecule has 1 saturated carbocycles. The average molecular weight is 172 g/mol. The van der Waals surface area contributed by atoms with Crippen molar-refractivity contribution in [1.29, 1.82) is 0 Å². The van der Waals surface area contributed by atoms with Crippen LogP contribution in [0, 0.1) is 11.8 Å². The van der Waals surface area contributed by atoms with Gasteiger partial charge < -0.3 is 0 Å². The summed E-state index contributed by atoms with van der Waals surface area (Å²) in [4.78, 5) is 0. The summed E-state index contributed by atoms with van der Waals surface area (Å²) in [5.74, 6) is 4.73. The van der Waals surface area contributed by atoms with E-state index in [-0.39, 0.29) is 0 Å². The van der Waals surface area contributed by atoms with Crippen molar-refractivity contribution in [3.8, 4) is 0 Å². The lowest BCUT2D eigenvalue weighted by atomic mass is 10.1. The van der Waals surface area contributed by atoms with Gasteiger partial charge in [0.1, 0.15) is 0 Å². The molecule has 0 unspecified atom stereocenters. The molecule has 11 heavy (non-hydrogen) atoms. The minimum absolute atomic E-state index is 0.876. The molecule has 66 valence electrons. The maximum absolute atomic E-state index is 2.31. The van der Waals surface area contributed by atoms with E-state index in [4.69, 9.17) is 0 Å². The minimum atomic E-state index is 0.876. The van der Waals surface area contributed by atoms with Crippen molar-refractivity contribution in [2.24, 2.45) is 11.8 Å². The van der Waals surface area contributed by atoms with Gasteiger partial charge in [-0.2, -0.15) is 11.8 Å². The van der Waals surface area contributed by atoms with Crippen molar-refractivity contribution in [3.05, 3.63) is 0 Å². The summed E-state index contributed by atoms with van der Waals surface area (Å²) >= 11 is 2.16. The van der Waals surface area contributed by atoms with Gasteiger partial charge in [-0.3, -0.25) is 0 Å². The molecule has 0 atom stereocenters. The van der Waals surface area contributed by atoms with Crippen molar-refractivity contribution < 1.29 is 0 Å². The molecule has 0 nitrogen and oxygen atoms in total. The second-order valence-corrected chi connectivity index (χ2v) is 5.16. The standard InChI is InChI=1S/C10H20S/c1-9(2)7-11-8-10-5-3-4-6-10/h9-10H,3-8H2,1-2H3. The zero-order valence-electron chi connectivity index (χ0n) is 7.81. The van der Waals surface area contributed by atoms with Crippen molar-refractivity contribution in [3.63, 3.8) is 0 Å². The maximum Gasteiger partial charge on any atom is -0.00390 e. The highest BCUT2D eigenvalue weighted by molar-refractivity contribution is 7.99. The molecule has 0 amide bonds. The molecule has 0 N–H and O–H groups in total. The summed E-state index contributed by atoms with van der Waals surface area (Å²) in [6.45, 7) is 4.61. The van der Waals surface area contributed by atoms with E-state index in [2.05, 4.69) is 25.6 Å². The summed E-state index contributed by atoms with van der Waals surface area (Å²) < 4.78 is 0. The highest BCUT2D eigenvalue weighted by atomic mass is 32.2. The van der Waals surface area contributed by atoms with Crippen LogP contribution in [-0.2, 0) is 0 Å². The van der Waals surface area contributed by atoms with Gasteiger partial charge >= 0.3 is 0 Å². The van der Waals surface area contributed by atoms with Crippen molar-refractivity contribution in [1.82, 2.24) is 0 Å². The van der Waals surface area contributed by atoms with Gasteiger partial charge in [-0.15, -0.1) is 0 Å². The molecule has 0 aliphatic heterocycles. The minimum Gasteiger partial charge on any atom is -0.161 e. The number of hydrogen-bond donors (Lipinski definition) is 0. The van der Waals surface area contributed by atoms with Crippen LogP contribution in [0.2, 0.25) is 0 Å². The van der Waals surface area contributed by atoms with Gasteiger partial charge in [-0.05, 0) is 36.2 Å². The van der Waals surface area contributed by atoms with Gasteiger partial charge in [0.2, 0.25) is 0 Å². The third-order valence-electron chi connectivity index (χ3n) is 2.28. The molecule has 0 aromatic carbocycles. The van der Waals surface area contributed by atoms with Crippen LogP contribution in [0.4, 0.5) is 0 Å². The molecule has 0 aromatic rings. The van der Waals surface area contributed by atoms with Crippen LogP contribution in [0.1, 0.15) is 39.5 Å². The third kappa shape index (κ3) is 4.05. The predicted molar refractivity (Wildman–Crippen MR) is 54.1 cm³/mol. The van der Waals surface area contributed by atoms with E-state index in [9.17, 15) is 0 Å². The van der Waals surface area contributed by atoms with E-state index in [0.717, 1.165) is 11.8 Å². The molecule has 0 saturated heterocycles. The second kappa shape index (κ2) is 5.08. The molecule has 0 aromatic heterocycles. The molecular formula is C10H20S. The Balaban J connectivity index is 1.94. The first kappa shape index (κ1) is 9.44. The van der Waals surface area contributed by atoms with Crippen molar-refractivity contribution >= 4 is 11.8 Å². The molecular weight excluding hydrogens is 152 g/mol. The fourth-order valence-electron chi connectivity index (χ4n) is 1.65. The zero-order valence-corrected chi connectivity index (χ0v) is 8.62. The van der Waals surface area contributed by atoms with Gasteiger partial charge in [0.15, 0.2) is 0 Å². The predicted octanol–water partition coefficient (Wildman–Crippen LogP) is 3.57. The van der Waals surface area contributed by atoms with E-state index in [1.54, 1.807) is 0 Å². The molecule has 1 aliphatic rings. The maximum atomic E-state index is 2.31. The molecule has 1 rings (SSSR count). The molecule has 1 fully saturated rings. The smallest absolute Gasteiger partial charge is 0.00390 e. The van der Waals surface area contributed by atoms with Crippen molar-refractivity contribution in [2.45, 2.75) is 39.5 Å². The Labute approximate surface area is 75.1 Å². The van der Waals surface area contributed by atoms with Crippen molar-refractivity contribution in [2.75, 3.05) is 11.5 Å². The normalized spacial score (nSPS) is 19.9. The van der Waals surface area contributed by atoms with Gasteiger partial charge in [-0.25, -0.2) is 0 Å². The van der Waals surface area contributed by atoms with Crippen LogP contribution >= 0.6 is 11.8 Å². The van der Waals surface area contributed by atoms with Crippen LogP contribution in [0.15, 0.2) is 0 Å². The third-order valence-corrected chi connectivity index (χ3v) is 3.89. The summed E-state index contributed by atoms with van der Waals surface area (Å²) in [6, 6.07) is 0. The Morgan fingerprint density at radius 1 is 1.27 bits per heavy atom. The second-order valence-electron chi connectivity index (χ2n) is 4.08. The van der Waals surface area contributed by atoms with E-state index < -0.39 is 0 Å². The van der Waals surface area contributed by atoms with E-state index >= 15 is 0 Å². The Bertz CT molecular complexity index is 93.0. The lowest BCUT2D eigenvalue weighted by Gasteiger charge is -2.09. The number of rotatable bonds is 4. The van der Waals surface area contributed by atoms with Crippen LogP contribution in [0.25, 0.3) is 0 Å². The van der Waals surface area contributed by atoms with E-state index in [0.29, 0.717) is 0 Å². The Morgan fingerprint density at radius 3 is 2.45 bits per heavy atom. The summed E-state index contributed by atoms with van der Waals surface area (Å²) in [6.07, 6.45) is 6.00. The lowest BCUT2D eigenvalue weighted by Crippen LogP contribution is -2.00. The first-order valence-electron chi connectivity index (χ1n) is 4.87. The fourth-order valence-corrected chi connectivity index (χ4v) is 2.92. The van der Waals surface area contributed by atoms with Crippen LogP contribution in [0.5, 0.6) is 0 Å². The topological polar surface area (TPSA) is 0 Å². The fraction of sp³-hybridized carbons (Fsp3) is 1.00. The van der Waals surface area contributed by atoms with E-state index in [1.165, 1.54) is 37.2 Å². The Morgan fingerprint density at radius 2 is 1.91 bits per heavy atom. The van der Waals surface area contributed by atoms with Gasteiger partial charge in [0.05, 0.1) is 0 Å². The van der Waals surface area contributed by atoms with Crippen LogP contribution in [-0.4, -0.2) is 11.5 Å². The highest BCUT2D eigenvalue weighted by Crippen LogP contribution is 2.28. The monoisotopic (exact) mass is 172 g/mol. The van der Waals surface area contributed by atoms with Gasteiger partial charge in [0, 0.05) is 0 Å². The summed E-state index contributed by atoms with van der Waals surface area (Å²) in [5, 5.41) is 0. The number of thioether (sulfide) groups is 1. The average Bonchev–Trinajstić information content (AvgIpc) is 2.39. The molecule has 1 heteroatoms. The molecule has 1 aliphatic carbocycles. The number of hydrogen-bond acceptors (Lipinski definition) is 1. The van der Waals surface area contributed by atoms with Crippen LogP contribution < -0.4 is 0 Å². The highest BCUT2D eigenvalue weighted by Gasteiger charge is 2.14. The summed E-state index contributed by atoms with van der Waals surface area (Å²) in [7, 11) is 0. The summed E-state index contributed by atoms with van der Waals surface area (Å²) in [5.41, 5.74) is 0. The largest absolute Gasteiger partial charge is 0.161 e. The SMILES string of the molecule is CC(C)CSCC1CCCC1. The quantitative estimate of drug-likeness (QED) is 0.625.